The van der Waals surface area contributed by atoms with Crippen molar-refractivity contribution in [2.75, 3.05) is 6.61 Å². The van der Waals surface area contributed by atoms with Crippen LogP contribution in [-0.2, 0) is 0 Å². The summed E-state index contributed by atoms with van der Waals surface area (Å²) in [5.41, 5.74) is 1.19. The average Bonchev–Trinajstić information content (AvgIpc) is 3.58. The normalized spacial score (nSPS) is 22.0. The fourth-order valence-electron chi connectivity index (χ4n) is 4.27. The van der Waals surface area contributed by atoms with Gasteiger partial charge in [-0.2, -0.15) is 0 Å². The summed E-state index contributed by atoms with van der Waals surface area (Å²) in [5.74, 6) is 1.50. The number of ether oxygens (including phenoxy) is 1. The second-order valence-corrected chi connectivity index (χ2v) is 8.77. The molecule has 158 valence electrons. The summed E-state index contributed by atoms with van der Waals surface area (Å²) in [6, 6.07) is 10.7. The molecule has 3 heterocycles. The van der Waals surface area contributed by atoms with Crippen molar-refractivity contribution in [3.05, 3.63) is 70.6 Å². The Morgan fingerprint density at radius 1 is 1.06 bits per heavy atom. The molecule has 5 rings (SSSR count). The monoisotopic (exact) mass is 454 g/mol. The quantitative estimate of drug-likeness (QED) is 0.547. The second-order valence-electron chi connectivity index (χ2n) is 7.89. The van der Waals surface area contributed by atoms with Gasteiger partial charge in [0.15, 0.2) is 5.82 Å². The number of piperidine rings is 1. The molecule has 0 N–H and O–H groups in total. The summed E-state index contributed by atoms with van der Waals surface area (Å²) in [7, 11) is 0. The smallest absolute Gasteiger partial charge is 0.255 e. The molecule has 0 radical (unpaired) electrons. The number of fused-ring (bicyclic) bond motifs is 1. The van der Waals surface area contributed by atoms with Gasteiger partial charge in [-0.05, 0) is 55.5 Å². The summed E-state index contributed by atoms with van der Waals surface area (Å²) in [4.78, 5) is 28.6. The number of hydrogen-bond acceptors (Lipinski definition) is 5. The van der Waals surface area contributed by atoms with E-state index in [9.17, 15) is 4.79 Å². The highest BCUT2D eigenvalue weighted by Crippen LogP contribution is 2.46. The fraction of sp³-hybridized carbons (Fsp3) is 0.304. The Hall–Kier alpha value is -2.70. The molecule has 0 spiro atoms. The maximum Gasteiger partial charge on any atom is 0.255 e. The molecule has 31 heavy (non-hydrogen) atoms. The van der Waals surface area contributed by atoms with Gasteiger partial charge in [0, 0.05) is 41.3 Å². The number of aromatic nitrogens is 3. The van der Waals surface area contributed by atoms with Crippen LogP contribution in [0, 0.1) is 5.92 Å². The fourth-order valence-corrected chi connectivity index (χ4v) is 4.56. The highest BCUT2D eigenvalue weighted by molar-refractivity contribution is 6.31. The number of likely N-dealkylation sites (tertiary alicyclic amines) is 1. The van der Waals surface area contributed by atoms with Crippen LogP contribution in [-0.4, -0.2) is 44.4 Å². The second kappa shape index (κ2) is 8.44. The molecule has 2 fully saturated rings. The number of pyridine rings is 1. The van der Waals surface area contributed by atoms with Gasteiger partial charge < -0.3 is 9.64 Å². The first-order valence-corrected chi connectivity index (χ1v) is 11.0. The predicted molar refractivity (Wildman–Crippen MR) is 118 cm³/mol. The maximum absolute atomic E-state index is 13.8. The number of carbonyl (C=O) groups is 1. The number of rotatable bonds is 5. The summed E-state index contributed by atoms with van der Waals surface area (Å²) in [5, 5.41) is 1.06. The van der Waals surface area contributed by atoms with Crippen molar-refractivity contribution in [3.63, 3.8) is 0 Å². The number of amides is 1. The van der Waals surface area contributed by atoms with Crippen LogP contribution in [0.3, 0.4) is 0 Å². The molecule has 3 aromatic rings. The minimum Gasteiger partial charge on any atom is -0.475 e. The van der Waals surface area contributed by atoms with Crippen LogP contribution in [0.15, 0.2) is 55.0 Å². The van der Waals surface area contributed by atoms with Gasteiger partial charge in [0.2, 0.25) is 5.88 Å². The van der Waals surface area contributed by atoms with E-state index in [2.05, 4.69) is 15.0 Å². The first-order chi connectivity index (χ1) is 15.1. The number of carbonyl (C=O) groups excluding carboxylic acids is 1. The number of hydrogen-bond donors (Lipinski definition) is 0. The lowest BCUT2D eigenvalue weighted by Crippen LogP contribution is -2.48. The molecule has 1 amide bonds. The van der Waals surface area contributed by atoms with Crippen LogP contribution < -0.4 is 4.74 Å². The standard InChI is InChI=1S/C23H20Cl2N4O2/c24-15-3-6-18(22-26-8-1-9-27-22)19(11-15)23(30)29-17(5-2-14-10-20(14)29)13-31-21-7-4-16(25)12-28-21/h1,3-4,6-9,11-12,14,17,20H,2,5,10,13H2/t14-,17-,20+/m0/s1. The zero-order chi connectivity index (χ0) is 21.4. The van der Waals surface area contributed by atoms with Crippen molar-refractivity contribution >= 4 is 29.1 Å². The largest absolute Gasteiger partial charge is 0.475 e. The van der Waals surface area contributed by atoms with E-state index >= 15 is 0 Å². The minimum absolute atomic E-state index is 0.0442. The number of nitrogens with zero attached hydrogens (tertiary/aromatic N) is 4. The molecule has 1 aliphatic heterocycles. The SMILES string of the molecule is O=C(c1cc(Cl)ccc1-c1ncccn1)N1[C@H](COc2ccc(Cl)cn2)CC[C@H]2C[C@H]21. The summed E-state index contributed by atoms with van der Waals surface area (Å²) < 4.78 is 5.91. The highest BCUT2D eigenvalue weighted by atomic mass is 35.5. The van der Waals surface area contributed by atoms with E-state index in [0.717, 1.165) is 19.3 Å². The zero-order valence-corrected chi connectivity index (χ0v) is 18.1. The van der Waals surface area contributed by atoms with Crippen LogP contribution in [0.25, 0.3) is 11.4 Å². The zero-order valence-electron chi connectivity index (χ0n) is 16.6. The van der Waals surface area contributed by atoms with E-state index in [4.69, 9.17) is 27.9 Å². The molecular formula is C23H20Cl2N4O2. The maximum atomic E-state index is 13.8. The van der Waals surface area contributed by atoms with Gasteiger partial charge >= 0.3 is 0 Å². The van der Waals surface area contributed by atoms with Gasteiger partial charge in [0.25, 0.3) is 5.91 Å². The summed E-state index contributed by atoms with van der Waals surface area (Å²) in [6.45, 7) is 0.376. The lowest BCUT2D eigenvalue weighted by atomic mass is 9.99. The minimum atomic E-state index is -0.0604. The third kappa shape index (κ3) is 4.23. The topological polar surface area (TPSA) is 68.2 Å². The molecule has 0 unspecified atom stereocenters. The van der Waals surface area contributed by atoms with Crippen molar-refractivity contribution in [3.8, 4) is 17.3 Å². The van der Waals surface area contributed by atoms with Crippen molar-refractivity contribution < 1.29 is 9.53 Å². The molecule has 2 aromatic heterocycles. The lowest BCUT2D eigenvalue weighted by molar-refractivity contribution is 0.0495. The van der Waals surface area contributed by atoms with Crippen LogP contribution >= 0.6 is 23.2 Å². The van der Waals surface area contributed by atoms with Crippen LogP contribution in [0.1, 0.15) is 29.6 Å². The lowest BCUT2D eigenvalue weighted by Gasteiger charge is -2.36. The van der Waals surface area contributed by atoms with E-state index < -0.39 is 0 Å². The first-order valence-electron chi connectivity index (χ1n) is 10.2. The summed E-state index contributed by atoms with van der Waals surface area (Å²) in [6.07, 6.45) is 7.89. The van der Waals surface area contributed by atoms with E-state index in [1.54, 1.807) is 48.9 Å². The Morgan fingerprint density at radius 2 is 1.87 bits per heavy atom. The molecule has 8 heteroatoms. The van der Waals surface area contributed by atoms with Gasteiger partial charge in [-0.25, -0.2) is 15.0 Å². The van der Waals surface area contributed by atoms with E-state index in [-0.39, 0.29) is 18.0 Å². The molecule has 2 aliphatic rings. The van der Waals surface area contributed by atoms with Gasteiger partial charge in [-0.3, -0.25) is 4.79 Å². The van der Waals surface area contributed by atoms with Gasteiger partial charge in [0.1, 0.15) is 6.61 Å². The van der Waals surface area contributed by atoms with Crippen molar-refractivity contribution in [2.24, 2.45) is 5.92 Å². The molecule has 1 saturated heterocycles. The molecule has 0 bridgehead atoms. The Balaban J connectivity index is 1.43. The third-order valence-corrected chi connectivity index (χ3v) is 6.34. The number of halogens is 2. The van der Waals surface area contributed by atoms with Gasteiger partial charge in [-0.15, -0.1) is 0 Å². The van der Waals surface area contributed by atoms with Crippen molar-refractivity contribution in [1.29, 1.82) is 0 Å². The van der Waals surface area contributed by atoms with Crippen molar-refractivity contribution in [1.82, 2.24) is 19.9 Å². The van der Waals surface area contributed by atoms with Crippen molar-refractivity contribution in [2.45, 2.75) is 31.3 Å². The number of benzene rings is 1. The van der Waals surface area contributed by atoms with Crippen LogP contribution in [0.4, 0.5) is 0 Å². The Labute approximate surface area is 190 Å². The first kappa shape index (κ1) is 20.2. The van der Waals surface area contributed by atoms with Gasteiger partial charge in [-0.1, -0.05) is 23.2 Å². The average molecular weight is 455 g/mol. The van der Waals surface area contributed by atoms with E-state index in [1.165, 1.54) is 0 Å². The van der Waals surface area contributed by atoms with E-state index in [1.807, 2.05) is 11.0 Å². The van der Waals surface area contributed by atoms with Crippen LogP contribution in [0.2, 0.25) is 10.0 Å². The molecule has 6 nitrogen and oxygen atoms in total. The Morgan fingerprint density at radius 3 is 2.65 bits per heavy atom. The molecule has 1 aromatic carbocycles. The van der Waals surface area contributed by atoms with E-state index in [0.29, 0.717) is 45.4 Å². The third-order valence-electron chi connectivity index (χ3n) is 5.88. The predicted octanol–water partition coefficient (Wildman–Crippen LogP) is 4.92. The summed E-state index contributed by atoms with van der Waals surface area (Å²) >= 11 is 12.2. The molecular weight excluding hydrogens is 435 g/mol. The molecule has 1 aliphatic carbocycles. The molecule has 1 saturated carbocycles. The highest BCUT2D eigenvalue weighted by Gasteiger charge is 2.50. The molecule has 3 atom stereocenters. The Kier molecular flexibility index (Phi) is 5.50. The van der Waals surface area contributed by atoms with Crippen LogP contribution in [0.5, 0.6) is 5.88 Å². The van der Waals surface area contributed by atoms with Gasteiger partial charge in [0.05, 0.1) is 16.6 Å². The Bertz CT molecular complexity index is 1090.